The van der Waals surface area contributed by atoms with Gasteiger partial charge >= 0.3 is 5.76 Å². The number of hydrogen-bond acceptors (Lipinski definition) is 9. The number of likely N-dealkylation sites (tertiary alicyclic amines) is 1. The van der Waals surface area contributed by atoms with E-state index < -0.39 is 27.7 Å². The second-order valence-electron chi connectivity index (χ2n) is 8.96. The summed E-state index contributed by atoms with van der Waals surface area (Å²) in [5, 5.41) is 3.21. The Balaban J connectivity index is 1.53. The Hall–Kier alpha value is -3.23. The normalized spacial score (nSPS) is 15.2. The third-order valence-corrected chi connectivity index (χ3v) is 8.14. The fourth-order valence-electron chi connectivity index (χ4n) is 4.25. The minimum Gasteiger partial charge on any atom is -0.477 e. The Morgan fingerprint density at radius 1 is 1.18 bits per heavy atom. The highest BCUT2D eigenvalue weighted by atomic mass is 32.2. The lowest BCUT2D eigenvalue weighted by atomic mass is 10.0. The van der Waals surface area contributed by atoms with Crippen molar-refractivity contribution >= 4 is 33.0 Å². The van der Waals surface area contributed by atoms with Crippen molar-refractivity contribution < 1.29 is 26.7 Å². The number of rotatable bonds is 12. The first kappa shape index (κ1) is 28.8. The molecule has 1 fully saturated rings. The number of halogens is 2. The Bertz CT molecular complexity index is 1370. The zero-order valence-electron chi connectivity index (χ0n) is 21.3. The fourth-order valence-corrected chi connectivity index (χ4v) is 5.56. The molecule has 0 bridgehead atoms. The number of nitrogens with zero attached hydrogens (tertiary/aromatic N) is 4. The van der Waals surface area contributed by atoms with Crippen LogP contribution < -0.4 is 14.8 Å². The van der Waals surface area contributed by atoms with Crippen LogP contribution in [0, 0.1) is 0 Å². The van der Waals surface area contributed by atoms with Crippen LogP contribution in [-0.4, -0.2) is 66.2 Å². The second-order valence-corrected chi connectivity index (χ2v) is 11.6. The minimum atomic E-state index is -4.83. The number of sulfonamides is 1. The third kappa shape index (κ3) is 7.90. The SMILES string of the molecule is CCOc1cncc(-c2cnc(C(=O)N[C@H](CCN3CCCCC3)c3cccc(NS(=O)(=O)C(F)F)c3)s2)n1. The van der Waals surface area contributed by atoms with Gasteiger partial charge in [0.05, 0.1) is 29.9 Å². The molecule has 1 aromatic carbocycles. The molecule has 0 saturated carbocycles. The molecule has 2 aromatic heterocycles. The van der Waals surface area contributed by atoms with E-state index in [2.05, 4.69) is 25.2 Å². The van der Waals surface area contributed by atoms with E-state index in [0.29, 0.717) is 41.6 Å². The van der Waals surface area contributed by atoms with E-state index in [9.17, 15) is 22.0 Å². The zero-order chi connectivity index (χ0) is 27.8. The second kappa shape index (κ2) is 13.2. The van der Waals surface area contributed by atoms with Gasteiger partial charge in [-0.3, -0.25) is 14.5 Å². The monoisotopic (exact) mass is 580 g/mol. The fraction of sp³-hybridized carbons (Fsp3) is 0.440. The number of anilines is 1. The van der Waals surface area contributed by atoms with Crippen LogP contribution in [0.4, 0.5) is 14.5 Å². The summed E-state index contributed by atoms with van der Waals surface area (Å²) < 4.78 is 56.5. The number of aromatic nitrogens is 3. The molecular weight excluding hydrogens is 550 g/mol. The quantitative estimate of drug-likeness (QED) is 0.325. The summed E-state index contributed by atoms with van der Waals surface area (Å²) in [5.74, 6) is -3.61. The maximum Gasteiger partial charge on any atom is 0.355 e. The first-order valence-corrected chi connectivity index (χ1v) is 15.0. The number of carbonyl (C=O) groups excluding carboxylic acids is 1. The highest BCUT2D eigenvalue weighted by Gasteiger charge is 2.25. The lowest BCUT2D eigenvalue weighted by Gasteiger charge is -2.28. The molecule has 1 atom stereocenters. The molecule has 0 aliphatic carbocycles. The Morgan fingerprint density at radius 2 is 1.97 bits per heavy atom. The Morgan fingerprint density at radius 3 is 2.72 bits per heavy atom. The molecule has 4 rings (SSSR count). The molecule has 0 unspecified atom stereocenters. The van der Waals surface area contributed by atoms with Crippen molar-refractivity contribution in [3.05, 3.63) is 53.4 Å². The van der Waals surface area contributed by atoms with E-state index in [1.807, 2.05) is 11.6 Å². The Labute approximate surface area is 229 Å². The molecule has 2 N–H and O–H groups in total. The smallest absolute Gasteiger partial charge is 0.355 e. The molecule has 210 valence electrons. The third-order valence-electron chi connectivity index (χ3n) is 6.13. The highest BCUT2D eigenvalue weighted by molar-refractivity contribution is 7.93. The number of amides is 1. The van der Waals surface area contributed by atoms with Gasteiger partial charge in [-0.15, -0.1) is 11.3 Å². The molecular formula is C25H30F2N6O4S2. The van der Waals surface area contributed by atoms with E-state index in [1.54, 1.807) is 24.5 Å². The van der Waals surface area contributed by atoms with Gasteiger partial charge in [-0.2, -0.15) is 8.78 Å². The van der Waals surface area contributed by atoms with E-state index >= 15 is 0 Å². The molecule has 0 spiro atoms. The van der Waals surface area contributed by atoms with Crippen molar-refractivity contribution in [2.75, 3.05) is 31.0 Å². The maximum atomic E-state index is 13.2. The predicted molar refractivity (Wildman–Crippen MR) is 144 cm³/mol. The topological polar surface area (TPSA) is 126 Å². The van der Waals surface area contributed by atoms with Gasteiger partial charge in [0.25, 0.3) is 15.9 Å². The van der Waals surface area contributed by atoms with Crippen LogP contribution in [0.15, 0.2) is 42.9 Å². The van der Waals surface area contributed by atoms with Crippen molar-refractivity contribution in [2.24, 2.45) is 0 Å². The maximum absolute atomic E-state index is 13.2. The van der Waals surface area contributed by atoms with Crippen LogP contribution >= 0.6 is 11.3 Å². The number of thiazole rings is 1. The van der Waals surface area contributed by atoms with Gasteiger partial charge in [0.15, 0.2) is 5.01 Å². The van der Waals surface area contributed by atoms with Crippen LogP contribution in [0.3, 0.4) is 0 Å². The van der Waals surface area contributed by atoms with E-state index in [0.717, 1.165) is 37.3 Å². The van der Waals surface area contributed by atoms with Crippen molar-refractivity contribution in [2.45, 2.75) is 44.4 Å². The number of hydrogen-bond donors (Lipinski definition) is 2. The molecule has 1 aliphatic heterocycles. The molecule has 1 amide bonds. The average Bonchev–Trinajstić information content (AvgIpc) is 3.42. The van der Waals surface area contributed by atoms with Gasteiger partial charge in [-0.1, -0.05) is 18.6 Å². The summed E-state index contributed by atoms with van der Waals surface area (Å²) in [6.07, 6.45) is 8.55. The first-order valence-electron chi connectivity index (χ1n) is 12.6. The van der Waals surface area contributed by atoms with Gasteiger partial charge in [0.1, 0.15) is 5.69 Å². The van der Waals surface area contributed by atoms with E-state index in [4.69, 9.17) is 4.74 Å². The van der Waals surface area contributed by atoms with Crippen LogP contribution in [-0.2, 0) is 10.0 Å². The lowest BCUT2D eigenvalue weighted by molar-refractivity contribution is 0.0929. The van der Waals surface area contributed by atoms with Crippen LogP contribution in [0.25, 0.3) is 10.6 Å². The summed E-state index contributed by atoms with van der Waals surface area (Å²) in [6.45, 7) is 4.92. The predicted octanol–water partition coefficient (Wildman–Crippen LogP) is 4.31. The van der Waals surface area contributed by atoms with Gasteiger partial charge in [0, 0.05) is 18.4 Å². The summed E-state index contributed by atoms with van der Waals surface area (Å²) >= 11 is 1.15. The van der Waals surface area contributed by atoms with Crippen molar-refractivity contribution in [1.29, 1.82) is 0 Å². The number of alkyl halides is 2. The first-order chi connectivity index (χ1) is 18.7. The number of carbonyl (C=O) groups is 1. The molecule has 39 heavy (non-hydrogen) atoms. The standard InChI is InChI=1S/C25H30F2N6O4S2/c1-2-37-22-16-28-14-20(30-22)21-15-29-24(38-21)23(34)31-19(9-12-33-10-4-3-5-11-33)17-7-6-8-18(13-17)32-39(35,36)25(26)27/h6-8,13-16,19,25,32H,2-5,9-12H2,1H3,(H,31,34)/t19-/m1/s1. The molecule has 1 aliphatic rings. The van der Waals surface area contributed by atoms with Crippen LogP contribution in [0.5, 0.6) is 5.88 Å². The van der Waals surface area contributed by atoms with Crippen LogP contribution in [0.2, 0.25) is 0 Å². The molecule has 1 saturated heterocycles. The Kier molecular flexibility index (Phi) is 9.75. The summed E-state index contributed by atoms with van der Waals surface area (Å²) in [5.41, 5.74) is 1.11. The van der Waals surface area contributed by atoms with Crippen molar-refractivity contribution in [1.82, 2.24) is 25.2 Å². The number of piperidine rings is 1. The van der Waals surface area contributed by atoms with Gasteiger partial charge in [-0.25, -0.2) is 18.4 Å². The zero-order valence-corrected chi connectivity index (χ0v) is 23.0. The number of benzene rings is 1. The minimum absolute atomic E-state index is 0.00527. The lowest BCUT2D eigenvalue weighted by Crippen LogP contribution is -2.35. The van der Waals surface area contributed by atoms with Gasteiger partial charge in [0.2, 0.25) is 5.88 Å². The average molecular weight is 581 g/mol. The summed E-state index contributed by atoms with van der Waals surface area (Å²) in [6, 6.07) is 5.62. The van der Waals surface area contributed by atoms with Crippen LogP contribution in [0.1, 0.15) is 54.0 Å². The number of ether oxygens (including phenoxy) is 1. The molecule has 14 heteroatoms. The molecule has 3 aromatic rings. The van der Waals surface area contributed by atoms with Crippen molar-refractivity contribution in [3.63, 3.8) is 0 Å². The summed E-state index contributed by atoms with van der Waals surface area (Å²) in [4.78, 5) is 29.0. The van der Waals surface area contributed by atoms with Gasteiger partial charge in [-0.05, 0) is 57.0 Å². The molecule has 10 nitrogen and oxygen atoms in total. The molecule has 3 heterocycles. The summed E-state index contributed by atoms with van der Waals surface area (Å²) in [7, 11) is -4.83. The van der Waals surface area contributed by atoms with E-state index in [1.165, 1.54) is 24.8 Å². The highest BCUT2D eigenvalue weighted by Crippen LogP contribution is 2.27. The number of nitrogens with one attached hydrogen (secondary N) is 2. The van der Waals surface area contributed by atoms with Crippen molar-refractivity contribution in [3.8, 4) is 16.5 Å². The largest absolute Gasteiger partial charge is 0.477 e. The molecule has 0 radical (unpaired) electrons. The van der Waals surface area contributed by atoms with E-state index in [-0.39, 0.29) is 10.7 Å². The van der Waals surface area contributed by atoms with Gasteiger partial charge < -0.3 is 15.0 Å².